The number of fused-ring (bicyclic) bond motifs is 1. The monoisotopic (exact) mass is 310 g/mol. The maximum Gasteiger partial charge on any atom is 0.317 e. The minimum absolute atomic E-state index is 0.347. The molecule has 1 heterocycles. The van der Waals surface area contributed by atoms with E-state index in [9.17, 15) is 9.59 Å². The van der Waals surface area contributed by atoms with Crippen LogP contribution in [0, 0.1) is 0 Å². The molecule has 0 spiro atoms. The van der Waals surface area contributed by atoms with E-state index in [4.69, 9.17) is 4.74 Å². The Morgan fingerprint density at radius 1 is 1.09 bits per heavy atom. The van der Waals surface area contributed by atoms with E-state index in [-0.39, 0.29) is 0 Å². The van der Waals surface area contributed by atoms with Gasteiger partial charge < -0.3 is 9.72 Å². The van der Waals surface area contributed by atoms with E-state index in [1.807, 2.05) is 49.4 Å². The third-order valence-corrected chi connectivity index (χ3v) is 3.96. The van der Waals surface area contributed by atoms with Gasteiger partial charge in [-0.05, 0) is 35.7 Å². The van der Waals surface area contributed by atoms with Crippen molar-refractivity contribution >= 4 is 11.0 Å². The molecular weight excluding hydrogens is 292 g/mol. The Balaban J connectivity index is 2.20. The quantitative estimate of drug-likeness (QED) is 0.752. The van der Waals surface area contributed by atoms with Crippen molar-refractivity contribution in [2.75, 3.05) is 7.11 Å². The number of hydrogen-bond acceptors (Lipinski definition) is 3. The van der Waals surface area contributed by atoms with Gasteiger partial charge in [0.1, 0.15) is 5.75 Å². The molecular formula is C18H18N2O3. The average Bonchev–Trinajstić information content (AvgIpc) is 2.58. The van der Waals surface area contributed by atoms with Crippen LogP contribution in [0.25, 0.3) is 11.0 Å². The number of ether oxygens (including phenoxy) is 1. The van der Waals surface area contributed by atoms with E-state index in [1.165, 1.54) is 0 Å². The first kappa shape index (κ1) is 15.1. The van der Waals surface area contributed by atoms with Crippen molar-refractivity contribution in [1.29, 1.82) is 0 Å². The molecule has 5 nitrogen and oxygen atoms in total. The SMILES string of the molecule is CCc1cccc2[nH]c(=O)c(=O)n(Cc3ccc(OC)cc3)c12. The Hall–Kier alpha value is -2.82. The van der Waals surface area contributed by atoms with E-state index in [2.05, 4.69) is 4.98 Å². The molecule has 0 aliphatic carbocycles. The van der Waals surface area contributed by atoms with Crippen LogP contribution in [-0.4, -0.2) is 16.7 Å². The first-order valence-corrected chi connectivity index (χ1v) is 7.51. The van der Waals surface area contributed by atoms with Gasteiger partial charge in [-0.1, -0.05) is 31.2 Å². The molecule has 5 heteroatoms. The van der Waals surface area contributed by atoms with Crippen molar-refractivity contribution in [1.82, 2.24) is 9.55 Å². The smallest absolute Gasteiger partial charge is 0.317 e. The van der Waals surface area contributed by atoms with Crippen LogP contribution in [-0.2, 0) is 13.0 Å². The van der Waals surface area contributed by atoms with E-state index in [0.29, 0.717) is 12.1 Å². The normalized spacial score (nSPS) is 10.9. The van der Waals surface area contributed by atoms with Crippen molar-refractivity contribution in [3.63, 3.8) is 0 Å². The maximum absolute atomic E-state index is 12.4. The predicted molar refractivity (Wildman–Crippen MR) is 90.3 cm³/mol. The lowest BCUT2D eigenvalue weighted by Gasteiger charge is -2.13. The first-order chi connectivity index (χ1) is 11.1. The number of aryl methyl sites for hydroxylation is 1. The zero-order valence-electron chi connectivity index (χ0n) is 13.1. The van der Waals surface area contributed by atoms with Crippen molar-refractivity contribution in [2.24, 2.45) is 0 Å². The van der Waals surface area contributed by atoms with Gasteiger partial charge in [-0.3, -0.25) is 14.2 Å². The van der Waals surface area contributed by atoms with Crippen molar-refractivity contribution < 1.29 is 4.74 Å². The van der Waals surface area contributed by atoms with Gasteiger partial charge in [-0.25, -0.2) is 0 Å². The second-order valence-corrected chi connectivity index (χ2v) is 5.36. The number of H-pyrrole nitrogens is 1. The van der Waals surface area contributed by atoms with E-state index >= 15 is 0 Å². The third-order valence-electron chi connectivity index (χ3n) is 3.96. The van der Waals surface area contributed by atoms with E-state index in [0.717, 1.165) is 28.8 Å². The Kier molecular flexibility index (Phi) is 4.02. The topological polar surface area (TPSA) is 64.1 Å². The summed E-state index contributed by atoms with van der Waals surface area (Å²) in [5.74, 6) is 0.756. The molecule has 23 heavy (non-hydrogen) atoms. The number of aromatic nitrogens is 2. The molecule has 0 aliphatic rings. The van der Waals surface area contributed by atoms with Crippen LogP contribution in [0.2, 0.25) is 0 Å². The molecule has 2 aromatic carbocycles. The van der Waals surface area contributed by atoms with Gasteiger partial charge in [0.15, 0.2) is 0 Å². The van der Waals surface area contributed by atoms with Crippen molar-refractivity contribution in [3.8, 4) is 5.75 Å². The van der Waals surface area contributed by atoms with Gasteiger partial charge in [-0.15, -0.1) is 0 Å². The first-order valence-electron chi connectivity index (χ1n) is 7.51. The molecule has 0 amide bonds. The largest absolute Gasteiger partial charge is 0.497 e. The lowest BCUT2D eigenvalue weighted by molar-refractivity contribution is 0.414. The molecule has 1 aromatic heterocycles. The molecule has 0 radical (unpaired) electrons. The molecule has 0 atom stereocenters. The van der Waals surface area contributed by atoms with E-state index < -0.39 is 11.1 Å². The lowest BCUT2D eigenvalue weighted by Crippen LogP contribution is -2.37. The number of nitrogens with zero attached hydrogens (tertiary/aromatic N) is 1. The zero-order chi connectivity index (χ0) is 16.4. The van der Waals surface area contributed by atoms with Crippen LogP contribution in [0.3, 0.4) is 0 Å². The Morgan fingerprint density at radius 2 is 1.83 bits per heavy atom. The van der Waals surface area contributed by atoms with Gasteiger partial charge in [0.05, 0.1) is 24.7 Å². The fourth-order valence-electron chi connectivity index (χ4n) is 2.76. The molecule has 0 unspecified atom stereocenters. The summed E-state index contributed by atoms with van der Waals surface area (Å²) in [6.45, 7) is 2.38. The average molecular weight is 310 g/mol. The molecule has 118 valence electrons. The number of nitrogens with one attached hydrogen (secondary N) is 1. The second kappa shape index (κ2) is 6.12. The summed E-state index contributed by atoms with van der Waals surface area (Å²) >= 11 is 0. The Labute approximate surface area is 133 Å². The molecule has 0 saturated carbocycles. The highest BCUT2D eigenvalue weighted by Gasteiger charge is 2.11. The number of benzene rings is 2. The molecule has 3 aromatic rings. The highest BCUT2D eigenvalue weighted by atomic mass is 16.5. The number of rotatable bonds is 4. The van der Waals surface area contributed by atoms with Crippen LogP contribution >= 0.6 is 0 Å². The summed E-state index contributed by atoms with van der Waals surface area (Å²) in [6, 6.07) is 13.2. The van der Waals surface area contributed by atoms with Gasteiger partial charge in [0, 0.05) is 0 Å². The van der Waals surface area contributed by atoms with Gasteiger partial charge >= 0.3 is 11.1 Å². The molecule has 0 fully saturated rings. The molecule has 0 aliphatic heterocycles. The fraction of sp³-hybridized carbons (Fsp3) is 0.222. The van der Waals surface area contributed by atoms with Crippen molar-refractivity contribution in [3.05, 3.63) is 74.3 Å². The van der Waals surface area contributed by atoms with E-state index in [1.54, 1.807) is 11.7 Å². The second-order valence-electron chi connectivity index (χ2n) is 5.36. The predicted octanol–water partition coefficient (Wildman–Crippen LogP) is 2.31. The van der Waals surface area contributed by atoms with Gasteiger partial charge in [0.2, 0.25) is 0 Å². The van der Waals surface area contributed by atoms with Gasteiger partial charge in [0.25, 0.3) is 0 Å². The zero-order valence-corrected chi connectivity index (χ0v) is 13.1. The maximum atomic E-state index is 12.4. The number of aromatic amines is 1. The number of hydrogen-bond donors (Lipinski definition) is 1. The minimum Gasteiger partial charge on any atom is -0.497 e. The van der Waals surface area contributed by atoms with Crippen LogP contribution in [0.15, 0.2) is 52.1 Å². The Bertz CT molecular complexity index is 953. The Morgan fingerprint density at radius 3 is 2.48 bits per heavy atom. The summed E-state index contributed by atoms with van der Waals surface area (Å²) in [5, 5.41) is 0. The van der Waals surface area contributed by atoms with Crippen molar-refractivity contribution in [2.45, 2.75) is 19.9 Å². The molecule has 0 bridgehead atoms. The highest BCUT2D eigenvalue weighted by Crippen LogP contribution is 2.17. The number of para-hydroxylation sites is 1. The lowest BCUT2D eigenvalue weighted by atomic mass is 10.1. The summed E-state index contributed by atoms with van der Waals surface area (Å²) in [4.78, 5) is 27.0. The summed E-state index contributed by atoms with van der Waals surface area (Å²) in [5.41, 5.74) is 2.31. The number of methoxy groups -OCH3 is 1. The molecule has 0 saturated heterocycles. The minimum atomic E-state index is -0.598. The van der Waals surface area contributed by atoms with Crippen LogP contribution < -0.4 is 15.9 Å². The summed E-state index contributed by atoms with van der Waals surface area (Å²) < 4.78 is 6.70. The summed E-state index contributed by atoms with van der Waals surface area (Å²) in [7, 11) is 1.61. The highest BCUT2D eigenvalue weighted by molar-refractivity contribution is 5.78. The molecule has 1 N–H and O–H groups in total. The molecule has 3 rings (SSSR count). The van der Waals surface area contributed by atoms with Crippen LogP contribution in [0.4, 0.5) is 0 Å². The van der Waals surface area contributed by atoms with Crippen LogP contribution in [0.1, 0.15) is 18.1 Å². The third kappa shape index (κ3) is 2.77. The summed E-state index contributed by atoms with van der Waals surface area (Å²) in [6.07, 6.45) is 0.783. The van der Waals surface area contributed by atoms with Gasteiger partial charge in [-0.2, -0.15) is 0 Å². The standard InChI is InChI=1S/C18H18N2O3/c1-3-13-5-4-6-15-16(13)20(18(22)17(21)19-15)11-12-7-9-14(23-2)10-8-12/h4-10H,3,11H2,1-2H3,(H,19,21). The fourth-order valence-corrected chi connectivity index (χ4v) is 2.76. The van der Waals surface area contributed by atoms with Crippen LogP contribution in [0.5, 0.6) is 5.75 Å².